The monoisotopic (exact) mass is 553 g/mol. The van der Waals surface area contributed by atoms with E-state index in [0.29, 0.717) is 28.7 Å². The van der Waals surface area contributed by atoms with Crippen LogP contribution in [0.3, 0.4) is 0 Å². The van der Waals surface area contributed by atoms with Crippen LogP contribution in [0.5, 0.6) is 0 Å². The van der Waals surface area contributed by atoms with Crippen LogP contribution in [0.25, 0.3) is 0 Å². The van der Waals surface area contributed by atoms with E-state index in [1.54, 1.807) is 24.4 Å². The molecule has 39 heavy (non-hydrogen) atoms. The third-order valence-electron chi connectivity index (χ3n) is 6.27. The van der Waals surface area contributed by atoms with E-state index in [2.05, 4.69) is 32.4 Å². The number of carbonyl (C=O) groups is 2. The summed E-state index contributed by atoms with van der Waals surface area (Å²) in [5.41, 5.74) is 1.19. The van der Waals surface area contributed by atoms with Gasteiger partial charge in [0.15, 0.2) is 10.9 Å². The van der Waals surface area contributed by atoms with Crippen molar-refractivity contribution in [3.8, 4) is 11.8 Å². The fraction of sp³-hybridized carbons (Fsp3) is 0.296. The largest absolute Gasteiger partial charge is 0.416 e. The van der Waals surface area contributed by atoms with E-state index in [-0.39, 0.29) is 29.2 Å². The third-order valence-corrected chi connectivity index (χ3v) is 7.10. The summed E-state index contributed by atoms with van der Waals surface area (Å²) in [6.07, 6.45) is -3.01. The maximum atomic E-state index is 13.9. The van der Waals surface area contributed by atoms with Gasteiger partial charge >= 0.3 is 6.18 Å². The fourth-order valence-electron chi connectivity index (χ4n) is 4.07. The average molecular weight is 553 g/mol. The lowest BCUT2D eigenvalue weighted by Crippen LogP contribution is -2.44. The predicted octanol–water partition coefficient (Wildman–Crippen LogP) is 4.03. The van der Waals surface area contributed by atoms with Crippen molar-refractivity contribution in [1.29, 1.82) is 0 Å². The number of alkyl halides is 3. The topological polar surface area (TPSA) is 77.6 Å². The highest BCUT2D eigenvalue weighted by molar-refractivity contribution is 7.16. The molecule has 0 aliphatic carbocycles. The molecule has 0 radical (unpaired) electrons. The molecule has 3 aromatic rings. The molecular weight excluding hydrogens is 526 g/mol. The van der Waals surface area contributed by atoms with E-state index in [1.165, 1.54) is 31.3 Å². The molecule has 2 amide bonds. The average Bonchev–Trinajstić information content (AvgIpc) is 3.31. The molecule has 7 nitrogen and oxygen atoms in total. The molecule has 2 N–H and O–H groups in total. The number of hydrogen-bond donors (Lipinski definition) is 2. The summed E-state index contributed by atoms with van der Waals surface area (Å²) >= 11 is 1.22. The third kappa shape index (κ3) is 7.69. The van der Waals surface area contributed by atoms with E-state index < -0.39 is 17.6 Å². The maximum absolute atomic E-state index is 13.9. The normalized spacial score (nSPS) is 14.4. The van der Waals surface area contributed by atoms with Gasteiger partial charge in [-0.25, -0.2) is 4.98 Å². The highest BCUT2D eigenvalue weighted by atomic mass is 32.1. The number of hydrogen-bond acceptors (Lipinski definition) is 6. The van der Waals surface area contributed by atoms with Gasteiger partial charge in [-0.15, -0.1) is 0 Å². The first kappa shape index (κ1) is 28.4. The number of carbonyl (C=O) groups excluding carboxylic acids is 2. The second kappa shape index (κ2) is 12.0. The van der Waals surface area contributed by atoms with Crippen LogP contribution >= 0.6 is 11.3 Å². The number of halogens is 3. The lowest BCUT2D eigenvalue weighted by Gasteiger charge is -2.33. The lowest BCUT2D eigenvalue weighted by molar-refractivity contribution is -0.138. The van der Waals surface area contributed by atoms with Crippen LogP contribution in [0.1, 0.15) is 37.5 Å². The Morgan fingerprint density at radius 1 is 1.08 bits per heavy atom. The lowest BCUT2D eigenvalue weighted by atomic mass is 10.0. The van der Waals surface area contributed by atoms with Gasteiger partial charge < -0.3 is 15.5 Å². The van der Waals surface area contributed by atoms with E-state index in [4.69, 9.17) is 0 Å². The second-order valence-electron chi connectivity index (χ2n) is 9.39. The zero-order chi connectivity index (χ0) is 28.2. The molecule has 0 saturated carbocycles. The summed E-state index contributed by atoms with van der Waals surface area (Å²) in [6.45, 7) is 5.05. The van der Waals surface area contributed by atoms with Gasteiger partial charge in [0.25, 0.3) is 5.91 Å². The number of nitrogens with zero attached hydrogens (tertiary/aromatic N) is 3. The van der Waals surface area contributed by atoms with Gasteiger partial charge in [0.1, 0.15) is 0 Å². The Hall–Kier alpha value is -3.66. The van der Waals surface area contributed by atoms with Crippen LogP contribution in [0.4, 0.5) is 28.8 Å². The molecule has 1 aliphatic rings. The zero-order valence-electron chi connectivity index (χ0n) is 21.8. The van der Waals surface area contributed by atoms with E-state index in [1.807, 2.05) is 18.9 Å². The van der Waals surface area contributed by atoms with E-state index in [0.717, 1.165) is 24.7 Å². The first-order valence-corrected chi connectivity index (χ1v) is 13.1. The minimum absolute atomic E-state index is 0.0674. The van der Waals surface area contributed by atoms with Crippen LogP contribution in [-0.4, -0.2) is 67.6 Å². The minimum atomic E-state index is -4.55. The number of rotatable bonds is 5. The van der Waals surface area contributed by atoms with Gasteiger partial charge in [-0.05, 0) is 55.3 Å². The molecule has 4 rings (SSSR count). The first-order valence-electron chi connectivity index (χ1n) is 12.3. The maximum Gasteiger partial charge on any atom is 0.416 e. The standard InChI is InChI=1S/C27H27BF3N5O2S/c1-17-3-4-19(13-18(17)6-8-22-15-32-26(39-22)34-25(28)38)24(37)33-21-7-5-20(23(14-21)27(29,30)31)16-36-11-9-35(2)10-12-36/h3-5,7,13-15H,9-12,16,28H2,1-2H3,(H,33,37)(H,32,34,38). The number of benzene rings is 2. The summed E-state index contributed by atoms with van der Waals surface area (Å²) in [7, 11) is 3.38. The summed E-state index contributed by atoms with van der Waals surface area (Å²) in [5.74, 6) is 5.20. The Kier molecular flexibility index (Phi) is 8.75. The molecular formula is C27H27BF3N5O2S. The molecule has 12 heteroatoms. The fourth-order valence-corrected chi connectivity index (χ4v) is 4.79. The van der Waals surface area contributed by atoms with Crippen molar-refractivity contribution in [1.82, 2.24) is 14.8 Å². The van der Waals surface area contributed by atoms with E-state index in [9.17, 15) is 22.8 Å². The predicted molar refractivity (Wildman–Crippen MR) is 149 cm³/mol. The van der Waals surface area contributed by atoms with Crippen molar-refractivity contribution < 1.29 is 22.8 Å². The Morgan fingerprint density at radius 2 is 1.82 bits per heavy atom. The van der Waals surface area contributed by atoms with Crippen molar-refractivity contribution in [3.63, 3.8) is 0 Å². The highest BCUT2D eigenvalue weighted by Crippen LogP contribution is 2.34. The van der Waals surface area contributed by atoms with Crippen LogP contribution in [0, 0.1) is 18.8 Å². The summed E-state index contributed by atoms with van der Waals surface area (Å²) in [5, 5.41) is 5.62. The molecule has 0 spiro atoms. The highest BCUT2D eigenvalue weighted by Gasteiger charge is 2.34. The molecule has 202 valence electrons. The number of nitrogens with one attached hydrogen (secondary N) is 2. The van der Waals surface area contributed by atoms with Gasteiger partial charge in [-0.3, -0.25) is 14.5 Å². The van der Waals surface area contributed by atoms with Gasteiger partial charge in [-0.2, -0.15) is 13.2 Å². The van der Waals surface area contributed by atoms with Crippen LogP contribution in [-0.2, 0) is 12.7 Å². The van der Waals surface area contributed by atoms with Crippen LogP contribution in [0.2, 0.25) is 0 Å². The number of anilines is 2. The quantitative estimate of drug-likeness (QED) is 0.369. The number of thiazole rings is 1. The molecule has 1 aliphatic heterocycles. The summed E-state index contributed by atoms with van der Waals surface area (Å²) < 4.78 is 41.7. The smallest absolute Gasteiger partial charge is 0.322 e. The van der Waals surface area contributed by atoms with Gasteiger partial charge in [0.2, 0.25) is 7.85 Å². The number of likely N-dealkylation sites (N-methyl/N-ethyl adjacent to an activating group) is 1. The number of aromatic nitrogens is 1. The van der Waals surface area contributed by atoms with Gasteiger partial charge in [0.05, 0.1) is 16.6 Å². The van der Waals surface area contributed by atoms with Crippen LogP contribution < -0.4 is 10.6 Å². The van der Waals surface area contributed by atoms with Crippen molar-refractivity contribution in [3.05, 3.63) is 75.3 Å². The van der Waals surface area contributed by atoms with Crippen molar-refractivity contribution in [2.45, 2.75) is 19.6 Å². The summed E-state index contributed by atoms with van der Waals surface area (Å²) in [4.78, 5) is 33.0. The Morgan fingerprint density at radius 3 is 2.51 bits per heavy atom. The number of piperazine rings is 1. The molecule has 2 heterocycles. The van der Waals surface area contributed by atoms with Gasteiger partial charge in [0, 0.05) is 49.5 Å². The number of amides is 2. The second-order valence-corrected chi connectivity index (χ2v) is 10.4. The van der Waals surface area contributed by atoms with E-state index >= 15 is 0 Å². The summed E-state index contributed by atoms with van der Waals surface area (Å²) in [6, 6.07) is 8.87. The Balaban J connectivity index is 1.50. The molecule has 0 atom stereocenters. The van der Waals surface area contributed by atoms with Crippen molar-refractivity contribution in [2.75, 3.05) is 43.9 Å². The van der Waals surface area contributed by atoms with Crippen LogP contribution in [0.15, 0.2) is 42.6 Å². The Bertz CT molecular complexity index is 1440. The number of aryl methyl sites for hydroxylation is 1. The van der Waals surface area contributed by atoms with Crippen molar-refractivity contribution in [2.24, 2.45) is 0 Å². The molecule has 2 aromatic carbocycles. The Labute approximate surface area is 229 Å². The molecule has 0 bridgehead atoms. The minimum Gasteiger partial charge on any atom is -0.322 e. The van der Waals surface area contributed by atoms with Gasteiger partial charge in [-0.1, -0.05) is 29.4 Å². The molecule has 0 unspecified atom stereocenters. The molecule has 1 aromatic heterocycles. The molecule has 1 fully saturated rings. The zero-order valence-corrected chi connectivity index (χ0v) is 22.6. The van der Waals surface area contributed by atoms with Crippen molar-refractivity contribution >= 4 is 41.7 Å². The first-order chi connectivity index (χ1) is 18.5. The molecule has 1 saturated heterocycles. The SMILES string of the molecule is BC(=O)Nc1ncc(C#Cc2cc(C(=O)Nc3ccc(CN4CCN(C)CC4)c(C(F)(F)F)c3)ccc2C)s1.